The molecule has 0 saturated carbocycles. The Bertz CT molecular complexity index is 1170. The minimum atomic E-state index is 0.574. The standard InChI is InChI=1S/C22H23N9/c1-30-10-12-31(13-11-30)21-5-7-26-22(29-21)27-16-2-3-17-18(4-6-24-19(17)14-16)28-20-15-23-8-9-25-20/h2-9,14-15H,10-13H2,1H3,(H,24,25,28)(H,26,27,29). The summed E-state index contributed by atoms with van der Waals surface area (Å²) in [5, 5.41) is 7.60. The molecule has 9 heteroatoms. The lowest BCUT2D eigenvalue weighted by Crippen LogP contribution is -2.44. The van der Waals surface area contributed by atoms with Gasteiger partial charge in [-0.25, -0.2) is 9.97 Å². The SMILES string of the molecule is CN1CCN(c2ccnc(Nc3ccc4c(Nc5cnccn5)ccnc4c3)n2)CC1. The van der Waals surface area contributed by atoms with Crippen LogP contribution in [0, 0.1) is 0 Å². The van der Waals surface area contributed by atoms with E-state index in [0.717, 1.165) is 54.3 Å². The average molecular weight is 413 g/mol. The molecule has 156 valence electrons. The van der Waals surface area contributed by atoms with Gasteiger partial charge in [0.2, 0.25) is 5.95 Å². The van der Waals surface area contributed by atoms with Crippen molar-refractivity contribution in [1.29, 1.82) is 0 Å². The van der Waals surface area contributed by atoms with Gasteiger partial charge in [-0.15, -0.1) is 0 Å². The number of piperazine rings is 1. The molecule has 1 aliphatic heterocycles. The van der Waals surface area contributed by atoms with Crippen LogP contribution in [-0.2, 0) is 0 Å². The second-order valence-electron chi connectivity index (χ2n) is 7.46. The molecule has 4 heterocycles. The van der Waals surface area contributed by atoms with Gasteiger partial charge >= 0.3 is 0 Å². The number of anilines is 5. The number of aromatic nitrogens is 5. The lowest BCUT2D eigenvalue weighted by atomic mass is 10.1. The summed E-state index contributed by atoms with van der Waals surface area (Å²) in [6, 6.07) is 9.89. The third-order valence-electron chi connectivity index (χ3n) is 5.29. The predicted octanol–water partition coefficient (Wildman–Crippen LogP) is 3.05. The van der Waals surface area contributed by atoms with E-state index in [2.05, 4.69) is 47.4 Å². The molecule has 0 unspecified atom stereocenters. The van der Waals surface area contributed by atoms with Crippen molar-refractivity contribution in [3.05, 3.63) is 61.3 Å². The number of fused-ring (bicyclic) bond motifs is 1. The number of benzene rings is 1. The number of pyridine rings is 1. The van der Waals surface area contributed by atoms with Crippen LogP contribution in [0.2, 0.25) is 0 Å². The first-order valence-electron chi connectivity index (χ1n) is 10.2. The van der Waals surface area contributed by atoms with Crippen molar-refractivity contribution >= 4 is 39.9 Å². The quantitative estimate of drug-likeness (QED) is 0.512. The highest BCUT2D eigenvalue weighted by Gasteiger charge is 2.16. The Morgan fingerprint density at radius 2 is 1.71 bits per heavy atom. The lowest BCUT2D eigenvalue weighted by Gasteiger charge is -2.33. The van der Waals surface area contributed by atoms with Gasteiger partial charge in [0, 0.05) is 62.0 Å². The van der Waals surface area contributed by atoms with E-state index in [1.54, 1.807) is 31.0 Å². The highest BCUT2D eigenvalue weighted by molar-refractivity contribution is 5.94. The van der Waals surface area contributed by atoms with Gasteiger partial charge in [-0.2, -0.15) is 4.98 Å². The molecular weight excluding hydrogens is 390 g/mol. The van der Waals surface area contributed by atoms with Crippen molar-refractivity contribution in [3.8, 4) is 0 Å². The summed E-state index contributed by atoms with van der Waals surface area (Å²) in [4.78, 5) is 26.6. The lowest BCUT2D eigenvalue weighted by molar-refractivity contribution is 0.312. The molecule has 1 fully saturated rings. The van der Waals surface area contributed by atoms with Crippen LogP contribution in [0.5, 0.6) is 0 Å². The number of nitrogens with one attached hydrogen (secondary N) is 2. The van der Waals surface area contributed by atoms with Crippen LogP contribution in [0.1, 0.15) is 0 Å². The summed E-state index contributed by atoms with van der Waals surface area (Å²) in [5.41, 5.74) is 2.66. The molecule has 31 heavy (non-hydrogen) atoms. The van der Waals surface area contributed by atoms with E-state index >= 15 is 0 Å². The molecule has 1 aliphatic rings. The highest BCUT2D eigenvalue weighted by Crippen LogP contribution is 2.27. The van der Waals surface area contributed by atoms with E-state index in [1.807, 2.05) is 30.3 Å². The van der Waals surface area contributed by atoms with Gasteiger partial charge in [-0.3, -0.25) is 9.97 Å². The van der Waals surface area contributed by atoms with Crippen molar-refractivity contribution in [1.82, 2.24) is 29.8 Å². The molecule has 0 aliphatic carbocycles. The van der Waals surface area contributed by atoms with Crippen LogP contribution < -0.4 is 15.5 Å². The summed E-state index contributed by atoms with van der Waals surface area (Å²) in [6.45, 7) is 4.00. The predicted molar refractivity (Wildman–Crippen MR) is 122 cm³/mol. The van der Waals surface area contributed by atoms with Crippen LogP contribution >= 0.6 is 0 Å². The summed E-state index contributed by atoms with van der Waals surface area (Å²) in [6.07, 6.45) is 8.56. The van der Waals surface area contributed by atoms with E-state index in [4.69, 9.17) is 4.98 Å². The zero-order valence-corrected chi connectivity index (χ0v) is 17.2. The molecule has 1 aromatic carbocycles. The van der Waals surface area contributed by atoms with Crippen LogP contribution in [0.15, 0.2) is 61.3 Å². The zero-order valence-electron chi connectivity index (χ0n) is 17.2. The molecule has 4 aromatic rings. The Hall–Kier alpha value is -3.85. The molecule has 5 rings (SSSR count). The number of hydrogen-bond acceptors (Lipinski definition) is 9. The Balaban J connectivity index is 1.36. The van der Waals surface area contributed by atoms with Crippen LogP contribution in [0.25, 0.3) is 10.9 Å². The fraction of sp³-hybridized carbons (Fsp3) is 0.227. The normalized spacial score (nSPS) is 14.5. The van der Waals surface area contributed by atoms with E-state index < -0.39 is 0 Å². The van der Waals surface area contributed by atoms with Crippen molar-refractivity contribution < 1.29 is 0 Å². The van der Waals surface area contributed by atoms with Crippen molar-refractivity contribution in [2.45, 2.75) is 0 Å². The molecule has 0 amide bonds. The maximum absolute atomic E-state index is 4.71. The van der Waals surface area contributed by atoms with Crippen molar-refractivity contribution in [3.63, 3.8) is 0 Å². The minimum Gasteiger partial charge on any atom is -0.354 e. The Morgan fingerprint density at radius 1 is 0.839 bits per heavy atom. The first kappa shape index (κ1) is 19.1. The van der Waals surface area contributed by atoms with Gasteiger partial charge in [0.1, 0.15) is 11.6 Å². The third-order valence-corrected chi connectivity index (χ3v) is 5.29. The maximum atomic E-state index is 4.71. The van der Waals surface area contributed by atoms with E-state index in [1.165, 1.54) is 0 Å². The first-order chi connectivity index (χ1) is 15.2. The van der Waals surface area contributed by atoms with Gasteiger partial charge in [-0.1, -0.05) is 0 Å². The van der Waals surface area contributed by atoms with Crippen LogP contribution in [0.4, 0.5) is 29.0 Å². The van der Waals surface area contributed by atoms with Gasteiger partial charge in [0.15, 0.2) is 0 Å². The minimum absolute atomic E-state index is 0.574. The number of rotatable bonds is 5. The molecule has 0 atom stereocenters. The van der Waals surface area contributed by atoms with E-state index in [-0.39, 0.29) is 0 Å². The molecule has 0 radical (unpaired) electrons. The van der Waals surface area contributed by atoms with E-state index in [9.17, 15) is 0 Å². The molecule has 3 aromatic heterocycles. The van der Waals surface area contributed by atoms with Crippen LogP contribution in [0.3, 0.4) is 0 Å². The maximum Gasteiger partial charge on any atom is 0.229 e. The topological polar surface area (TPSA) is 95.0 Å². The fourth-order valence-corrected chi connectivity index (χ4v) is 3.59. The number of likely N-dealkylation sites (N-methyl/N-ethyl adjacent to an activating group) is 1. The highest BCUT2D eigenvalue weighted by atomic mass is 15.3. The zero-order chi connectivity index (χ0) is 21.0. The summed E-state index contributed by atoms with van der Waals surface area (Å²) in [7, 11) is 2.15. The molecule has 9 nitrogen and oxygen atoms in total. The summed E-state index contributed by atoms with van der Waals surface area (Å²) < 4.78 is 0. The molecule has 0 bridgehead atoms. The molecule has 1 saturated heterocycles. The monoisotopic (exact) mass is 413 g/mol. The summed E-state index contributed by atoms with van der Waals surface area (Å²) >= 11 is 0. The third kappa shape index (κ3) is 4.36. The fourth-order valence-electron chi connectivity index (χ4n) is 3.59. The number of hydrogen-bond donors (Lipinski definition) is 2. The molecule has 0 spiro atoms. The number of nitrogens with zero attached hydrogens (tertiary/aromatic N) is 7. The Kier molecular flexibility index (Phi) is 5.24. The first-order valence-corrected chi connectivity index (χ1v) is 10.2. The smallest absolute Gasteiger partial charge is 0.229 e. The Morgan fingerprint density at radius 3 is 2.55 bits per heavy atom. The van der Waals surface area contributed by atoms with Gasteiger partial charge in [0.05, 0.1) is 17.4 Å². The Labute approximate surface area is 180 Å². The largest absolute Gasteiger partial charge is 0.354 e. The van der Waals surface area contributed by atoms with Crippen molar-refractivity contribution in [2.24, 2.45) is 0 Å². The van der Waals surface area contributed by atoms with Crippen molar-refractivity contribution in [2.75, 3.05) is 48.8 Å². The molecular formula is C22H23N9. The van der Waals surface area contributed by atoms with Gasteiger partial charge < -0.3 is 20.4 Å². The van der Waals surface area contributed by atoms with E-state index in [0.29, 0.717) is 11.8 Å². The van der Waals surface area contributed by atoms with Crippen LogP contribution in [-0.4, -0.2) is 63.0 Å². The average Bonchev–Trinajstić information content (AvgIpc) is 2.80. The van der Waals surface area contributed by atoms with Gasteiger partial charge in [0.25, 0.3) is 0 Å². The second kappa shape index (κ2) is 8.49. The van der Waals surface area contributed by atoms with Gasteiger partial charge in [-0.05, 0) is 37.4 Å². The second-order valence-corrected chi connectivity index (χ2v) is 7.46. The molecule has 2 N–H and O–H groups in total. The summed E-state index contributed by atoms with van der Waals surface area (Å²) in [5.74, 6) is 2.20.